The largest absolute Gasteiger partial charge is 0.479 e. The zero-order valence-corrected chi connectivity index (χ0v) is 4.52. The molecular formula is C4H8FNO2. The zero-order valence-electron chi connectivity index (χ0n) is 4.52. The highest BCUT2D eigenvalue weighted by Crippen LogP contribution is 1.85. The summed E-state index contributed by atoms with van der Waals surface area (Å²) in [6, 6.07) is 0. The topological polar surface area (TPSA) is 49.3 Å². The molecule has 0 fully saturated rings. The molecule has 0 rings (SSSR count). The van der Waals surface area contributed by atoms with Gasteiger partial charge in [0.25, 0.3) is 0 Å². The Hall–Kier alpha value is -0.640. The number of carboxylic acids is 1. The Morgan fingerprint density at radius 3 is 2.62 bits per heavy atom. The molecule has 0 amide bonds. The van der Waals surface area contributed by atoms with E-state index < -0.39 is 12.1 Å². The first-order valence-electron chi connectivity index (χ1n) is 2.20. The summed E-state index contributed by atoms with van der Waals surface area (Å²) < 4.78 is 11.9. The van der Waals surface area contributed by atoms with E-state index in [2.05, 4.69) is 5.32 Å². The zero-order chi connectivity index (χ0) is 6.57. The predicted molar refractivity (Wildman–Crippen MR) is 26.5 cm³/mol. The maximum Gasteiger partial charge on any atom is 0.339 e. The van der Waals surface area contributed by atoms with Gasteiger partial charge in [0.2, 0.25) is 6.17 Å². The van der Waals surface area contributed by atoms with Crippen molar-refractivity contribution in [1.82, 2.24) is 5.32 Å². The van der Waals surface area contributed by atoms with Crippen LogP contribution in [0.3, 0.4) is 0 Å². The number of halogens is 1. The molecule has 48 valence electrons. The monoisotopic (exact) mass is 121 g/mol. The van der Waals surface area contributed by atoms with Crippen molar-refractivity contribution in [1.29, 1.82) is 0 Å². The van der Waals surface area contributed by atoms with Crippen LogP contribution < -0.4 is 5.32 Å². The Kier molecular flexibility index (Phi) is 3.10. The summed E-state index contributed by atoms with van der Waals surface area (Å²) >= 11 is 0. The smallest absolute Gasteiger partial charge is 0.339 e. The van der Waals surface area contributed by atoms with Gasteiger partial charge in [0.1, 0.15) is 0 Å². The standard InChI is InChI=1S/C4H8FNO2/c1-6-2-3(5)4(7)8/h3,6H,2H2,1H3,(H,7,8). The van der Waals surface area contributed by atoms with Gasteiger partial charge in [0.05, 0.1) is 0 Å². The van der Waals surface area contributed by atoms with Crippen molar-refractivity contribution in [2.24, 2.45) is 0 Å². The van der Waals surface area contributed by atoms with Crippen LogP contribution in [0.2, 0.25) is 0 Å². The van der Waals surface area contributed by atoms with Crippen LogP contribution in [0.15, 0.2) is 0 Å². The maximum absolute atomic E-state index is 11.9. The second-order valence-corrected chi connectivity index (χ2v) is 1.36. The lowest BCUT2D eigenvalue weighted by Crippen LogP contribution is -2.26. The quantitative estimate of drug-likeness (QED) is 0.535. The Bertz CT molecular complexity index is 86.1. The van der Waals surface area contributed by atoms with Crippen molar-refractivity contribution in [2.45, 2.75) is 6.17 Å². The SMILES string of the molecule is CNCC(F)C(=O)O. The van der Waals surface area contributed by atoms with Crippen molar-refractivity contribution in [3.63, 3.8) is 0 Å². The number of nitrogens with one attached hydrogen (secondary N) is 1. The summed E-state index contributed by atoms with van der Waals surface area (Å²) in [5.74, 6) is -1.42. The molecule has 0 aromatic heterocycles. The number of hydrogen-bond acceptors (Lipinski definition) is 2. The average Bonchev–Trinajstić information content (AvgIpc) is 1.67. The molecule has 0 saturated carbocycles. The summed E-state index contributed by atoms with van der Waals surface area (Å²) in [6.45, 7) is -0.130. The van der Waals surface area contributed by atoms with E-state index in [4.69, 9.17) is 5.11 Å². The van der Waals surface area contributed by atoms with E-state index in [1.807, 2.05) is 0 Å². The first-order valence-corrected chi connectivity index (χ1v) is 2.20. The lowest BCUT2D eigenvalue weighted by atomic mass is 10.4. The van der Waals surface area contributed by atoms with Gasteiger partial charge in [-0.2, -0.15) is 0 Å². The summed E-state index contributed by atoms with van der Waals surface area (Å²) in [4.78, 5) is 9.67. The number of carbonyl (C=O) groups is 1. The molecule has 4 heteroatoms. The lowest BCUT2D eigenvalue weighted by Gasteiger charge is -1.98. The Morgan fingerprint density at radius 2 is 2.50 bits per heavy atom. The summed E-state index contributed by atoms with van der Waals surface area (Å²) in [7, 11) is 1.50. The van der Waals surface area contributed by atoms with E-state index in [0.29, 0.717) is 0 Å². The third-order valence-electron chi connectivity index (χ3n) is 0.651. The van der Waals surface area contributed by atoms with Crippen LogP contribution in [-0.4, -0.2) is 30.8 Å². The second kappa shape index (κ2) is 3.37. The van der Waals surface area contributed by atoms with E-state index in [0.717, 1.165) is 0 Å². The van der Waals surface area contributed by atoms with Gasteiger partial charge in [-0.25, -0.2) is 9.18 Å². The molecule has 0 aliphatic carbocycles. The minimum Gasteiger partial charge on any atom is -0.479 e. The van der Waals surface area contributed by atoms with E-state index in [1.54, 1.807) is 0 Å². The molecule has 0 bridgehead atoms. The first-order chi connectivity index (χ1) is 3.68. The Morgan fingerprint density at radius 1 is 2.00 bits per heavy atom. The van der Waals surface area contributed by atoms with E-state index in [9.17, 15) is 9.18 Å². The highest BCUT2D eigenvalue weighted by Gasteiger charge is 2.12. The van der Waals surface area contributed by atoms with Gasteiger partial charge in [-0.3, -0.25) is 0 Å². The van der Waals surface area contributed by atoms with Crippen LogP contribution >= 0.6 is 0 Å². The van der Waals surface area contributed by atoms with Crippen LogP contribution in [0.4, 0.5) is 4.39 Å². The molecule has 0 radical (unpaired) electrons. The molecule has 0 aliphatic rings. The van der Waals surface area contributed by atoms with E-state index in [1.165, 1.54) is 7.05 Å². The number of alkyl halides is 1. The van der Waals surface area contributed by atoms with Gasteiger partial charge in [-0.05, 0) is 7.05 Å². The minimum absolute atomic E-state index is 0.130. The Labute approximate surface area is 46.5 Å². The maximum atomic E-state index is 11.9. The molecule has 2 N–H and O–H groups in total. The van der Waals surface area contributed by atoms with Crippen molar-refractivity contribution in [3.05, 3.63) is 0 Å². The molecule has 0 saturated heterocycles. The molecule has 8 heavy (non-hydrogen) atoms. The van der Waals surface area contributed by atoms with Crippen molar-refractivity contribution in [3.8, 4) is 0 Å². The summed E-state index contributed by atoms with van der Waals surface area (Å²) in [6.07, 6.45) is -1.78. The molecule has 0 aromatic carbocycles. The molecule has 1 unspecified atom stereocenters. The lowest BCUT2D eigenvalue weighted by molar-refractivity contribution is -0.142. The summed E-state index contributed by atoms with van der Waals surface area (Å²) in [5, 5.41) is 10.3. The van der Waals surface area contributed by atoms with Crippen LogP contribution in [0.25, 0.3) is 0 Å². The fraction of sp³-hybridized carbons (Fsp3) is 0.750. The Balaban J connectivity index is 3.32. The van der Waals surface area contributed by atoms with Gasteiger partial charge in [0.15, 0.2) is 0 Å². The van der Waals surface area contributed by atoms with E-state index in [-0.39, 0.29) is 6.54 Å². The van der Waals surface area contributed by atoms with E-state index >= 15 is 0 Å². The number of rotatable bonds is 3. The van der Waals surface area contributed by atoms with Gasteiger partial charge in [-0.15, -0.1) is 0 Å². The van der Waals surface area contributed by atoms with Crippen LogP contribution in [0.5, 0.6) is 0 Å². The van der Waals surface area contributed by atoms with Gasteiger partial charge in [-0.1, -0.05) is 0 Å². The van der Waals surface area contributed by atoms with Gasteiger partial charge < -0.3 is 10.4 Å². The molecule has 3 nitrogen and oxygen atoms in total. The first kappa shape index (κ1) is 7.36. The molecule has 0 heterocycles. The van der Waals surface area contributed by atoms with Crippen molar-refractivity contribution >= 4 is 5.97 Å². The van der Waals surface area contributed by atoms with Crippen molar-refractivity contribution < 1.29 is 14.3 Å². The van der Waals surface area contributed by atoms with Gasteiger partial charge in [0, 0.05) is 6.54 Å². The number of hydrogen-bond donors (Lipinski definition) is 2. The third kappa shape index (κ3) is 2.52. The fourth-order valence-electron chi connectivity index (χ4n) is 0.267. The average molecular weight is 121 g/mol. The third-order valence-corrected chi connectivity index (χ3v) is 0.651. The molecular weight excluding hydrogens is 113 g/mol. The molecule has 0 spiro atoms. The minimum atomic E-state index is -1.78. The van der Waals surface area contributed by atoms with Crippen LogP contribution in [-0.2, 0) is 4.79 Å². The number of aliphatic carboxylic acids is 1. The number of carboxylic acid groups (broad SMARTS) is 1. The predicted octanol–water partition coefficient (Wildman–Crippen LogP) is -0.372. The molecule has 0 aromatic rings. The second-order valence-electron chi connectivity index (χ2n) is 1.36. The molecule has 0 aliphatic heterocycles. The van der Waals surface area contributed by atoms with Gasteiger partial charge >= 0.3 is 5.97 Å². The highest BCUT2D eigenvalue weighted by atomic mass is 19.1. The normalized spacial score (nSPS) is 13.2. The molecule has 1 atom stereocenters. The van der Waals surface area contributed by atoms with Crippen LogP contribution in [0, 0.1) is 0 Å². The summed E-state index contributed by atoms with van der Waals surface area (Å²) in [5.41, 5.74) is 0. The van der Waals surface area contributed by atoms with Crippen LogP contribution in [0.1, 0.15) is 0 Å². The fourth-order valence-corrected chi connectivity index (χ4v) is 0.267. The highest BCUT2D eigenvalue weighted by molar-refractivity contribution is 5.72. The van der Waals surface area contributed by atoms with Crippen molar-refractivity contribution in [2.75, 3.05) is 13.6 Å².